The van der Waals surface area contributed by atoms with E-state index in [1.54, 1.807) is 0 Å². The average molecular weight is 265 g/mol. The molecule has 1 atom stereocenters. The smallest absolute Gasteiger partial charge is 0.0928 e. The Hall–Kier alpha value is -1.27. The second-order valence-electron chi connectivity index (χ2n) is 4.24. The van der Waals surface area contributed by atoms with Gasteiger partial charge in [-0.05, 0) is 43.4 Å². The lowest BCUT2D eigenvalue weighted by atomic mass is 10.1. The van der Waals surface area contributed by atoms with E-state index >= 15 is 0 Å². The molecule has 0 aliphatic carbocycles. The summed E-state index contributed by atoms with van der Waals surface area (Å²) in [5, 5.41) is 14.0. The highest BCUT2D eigenvalue weighted by Gasteiger charge is 2.15. The Morgan fingerprint density at radius 3 is 2.94 bits per heavy atom. The van der Waals surface area contributed by atoms with Crippen LogP contribution in [0.5, 0.6) is 0 Å². The number of nitrogens with zero attached hydrogens (tertiary/aromatic N) is 4. The highest BCUT2D eigenvalue weighted by Crippen LogP contribution is 2.17. The zero-order valence-electron chi connectivity index (χ0n) is 10.8. The van der Waals surface area contributed by atoms with Gasteiger partial charge in [-0.15, -0.1) is 5.10 Å². The highest BCUT2D eigenvalue weighted by molar-refractivity contribution is 7.03. The third kappa shape index (κ3) is 3.36. The first-order valence-electron chi connectivity index (χ1n) is 6.35. The van der Waals surface area contributed by atoms with Crippen molar-refractivity contribution >= 4 is 11.5 Å². The predicted octanol–water partition coefficient (Wildman–Crippen LogP) is 2.04. The molecule has 0 spiro atoms. The van der Waals surface area contributed by atoms with Crippen molar-refractivity contribution < 1.29 is 0 Å². The molecule has 0 fully saturated rings. The second-order valence-corrected chi connectivity index (χ2v) is 4.85. The molecule has 5 nitrogen and oxygen atoms in total. The molecular weight excluding hydrogens is 246 g/mol. The molecule has 0 amide bonds. The van der Waals surface area contributed by atoms with Crippen molar-refractivity contribution in [1.82, 2.24) is 24.7 Å². The summed E-state index contributed by atoms with van der Waals surface area (Å²) in [5.74, 6) is 0. The number of hydrogen-bond acceptors (Lipinski definition) is 5. The molecule has 0 aliphatic rings. The van der Waals surface area contributed by atoms with Gasteiger partial charge in [0.25, 0.3) is 0 Å². The molecule has 2 aromatic heterocycles. The first kappa shape index (κ1) is 13.2. The maximum absolute atomic E-state index is 4.30. The van der Waals surface area contributed by atoms with E-state index in [2.05, 4.69) is 40.0 Å². The molecular formula is C12H19N5S. The Kier molecular flexibility index (Phi) is 4.83. The number of nitrogens with one attached hydrogen (secondary N) is 1. The summed E-state index contributed by atoms with van der Waals surface area (Å²) in [6, 6.07) is 0.234. The van der Waals surface area contributed by atoms with Crippen molar-refractivity contribution in [3.63, 3.8) is 0 Å². The Balaban J connectivity index is 2.04. The fourth-order valence-electron chi connectivity index (χ4n) is 1.84. The predicted molar refractivity (Wildman–Crippen MR) is 72.5 cm³/mol. The second kappa shape index (κ2) is 6.61. The van der Waals surface area contributed by atoms with Crippen molar-refractivity contribution in [2.45, 2.75) is 39.3 Å². The van der Waals surface area contributed by atoms with E-state index in [-0.39, 0.29) is 6.04 Å². The number of aryl methyl sites for hydroxylation is 1. The summed E-state index contributed by atoms with van der Waals surface area (Å²) in [5.41, 5.74) is 2.26. The molecule has 0 radical (unpaired) electrons. The van der Waals surface area contributed by atoms with Crippen LogP contribution in [-0.4, -0.2) is 25.9 Å². The van der Waals surface area contributed by atoms with Crippen LogP contribution >= 0.6 is 11.5 Å². The van der Waals surface area contributed by atoms with Gasteiger partial charge in [0.15, 0.2) is 0 Å². The number of aromatic nitrogens is 4. The molecule has 0 aliphatic heterocycles. The van der Waals surface area contributed by atoms with E-state index in [1.165, 1.54) is 17.1 Å². The fourth-order valence-corrected chi connectivity index (χ4v) is 2.35. The van der Waals surface area contributed by atoms with E-state index in [9.17, 15) is 0 Å². The minimum Gasteiger partial charge on any atom is -0.308 e. The largest absolute Gasteiger partial charge is 0.308 e. The lowest BCUT2D eigenvalue weighted by Crippen LogP contribution is -2.24. The van der Waals surface area contributed by atoms with Crippen LogP contribution in [0.2, 0.25) is 0 Å². The van der Waals surface area contributed by atoms with E-state index in [4.69, 9.17) is 0 Å². The highest BCUT2D eigenvalue weighted by atomic mass is 32.1. The van der Waals surface area contributed by atoms with E-state index in [1.807, 2.05) is 16.3 Å². The Labute approximate surface area is 111 Å². The Morgan fingerprint density at radius 1 is 1.44 bits per heavy atom. The van der Waals surface area contributed by atoms with Crippen molar-refractivity contribution in [1.29, 1.82) is 0 Å². The quantitative estimate of drug-likeness (QED) is 0.832. The zero-order chi connectivity index (χ0) is 12.8. The van der Waals surface area contributed by atoms with Gasteiger partial charge in [0.05, 0.1) is 17.9 Å². The summed E-state index contributed by atoms with van der Waals surface area (Å²) in [6.45, 7) is 6.15. The topological polar surface area (TPSA) is 55.6 Å². The van der Waals surface area contributed by atoms with Crippen molar-refractivity contribution in [2.75, 3.05) is 6.54 Å². The molecule has 18 heavy (non-hydrogen) atoms. The van der Waals surface area contributed by atoms with Crippen LogP contribution in [0.15, 0.2) is 17.8 Å². The van der Waals surface area contributed by atoms with Gasteiger partial charge in [-0.3, -0.25) is 4.68 Å². The van der Waals surface area contributed by atoms with Crippen LogP contribution in [0.1, 0.15) is 37.6 Å². The van der Waals surface area contributed by atoms with Crippen molar-refractivity contribution in [3.8, 4) is 0 Å². The number of rotatable bonds is 7. The first-order valence-corrected chi connectivity index (χ1v) is 7.18. The summed E-state index contributed by atoms with van der Waals surface area (Å²) in [7, 11) is 0. The molecule has 0 bridgehead atoms. The molecule has 2 rings (SSSR count). The van der Waals surface area contributed by atoms with Gasteiger partial charge < -0.3 is 5.32 Å². The summed E-state index contributed by atoms with van der Waals surface area (Å²) in [6.07, 6.45) is 6.05. The van der Waals surface area contributed by atoms with Gasteiger partial charge in [0, 0.05) is 18.1 Å². The standard InChI is InChI=1S/C12H19N5S/c1-3-5-13-11(12-9-18-16-15-12)6-10-7-14-17(4-2)8-10/h7-9,11,13H,3-6H2,1-2H3. The number of hydrogen-bond donors (Lipinski definition) is 1. The van der Waals surface area contributed by atoms with Crippen LogP contribution in [-0.2, 0) is 13.0 Å². The van der Waals surface area contributed by atoms with Crippen LogP contribution in [0.25, 0.3) is 0 Å². The van der Waals surface area contributed by atoms with Gasteiger partial charge in [0.1, 0.15) is 0 Å². The molecule has 0 saturated heterocycles. The van der Waals surface area contributed by atoms with Gasteiger partial charge in [0.2, 0.25) is 0 Å². The van der Waals surface area contributed by atoms with Gasteiger partial charge >= 0.3 is 0 Å². The van der Waals surface area contributed by atoms with Crippen molar-refractivity contribution in [3.05, 3.63) is 29.0 Å². The first-order chi connectivity index (χ1) is 8.83. The van der Waals surface area contributed by atoms with Gasteiger partial charge in [-0.25, -0.2) is 0 Å². The third-order valence-corrected chi connectivity index (χ3v) is 3.35. The fraction of sp³-hybridized carbons (Fsp3) is 0.583. The lowest BCUT2D eigenvalue weighted by molar-refractivity contribution is 0.516. The molecule has 98 valence electrons. The monoisotopic (exact) mass is 265 g/mol. The minimum atomic E-state index is 0.234. The molecule has 6 heteroatoms. The van der Waals surface area contributed by atoms with Gasteiger partial charge in [-0.1, -0.05) is 11.4 Å². The summed E-state index contributed by atoms with van der Waals surface area (Å²) >= 11 is 1.40. The SMILES string of the molecule is CCCNC(Cc1cnn(CC)c1)c1csnn1. The van der Waals surface area contributed by atoms with Crippen LogP contribution in [0.3, 0.4) is 0 Å². The summed E-state index contributed by atoms with van der Waals surface area (Å²) < 4.78 is 5.89. The maximum atomic E-state index is 4.30. The maximum Gasteiger partial charge on any atom is 0.0928 e. The Morgan fingerprint density at radius 2 is 2.33 bits per heavy atom. The molecule has 0 saturated carbocycles. The normalized spacial score (nSPS) is 12.8. The molecule has 2 heterocycles. The van der Waals surface area contributed by atoms with Crippen LogP contribution < -0.4 is 5.32 Å². The van der Waals surface area contributed by atoms with Crippen LogP contribution in [0.4, 0.5) is 0 Å². The molecule has 2 aromatic rings. The third-order valence-electron chi connectivity index (χ3n) is 2.83. The minimum absolute atomic E-state index is 0.234. The average Bonchev–Trinajstić information content (AvgIpc) is 3.05. The van der Waals surface area contributed by atoms with Gasteiger partial charge in [-0.2, -0.15) is 5.10 Å². The van der Waals surface area contributed by atoms with E-state index in [0.717, 1.165) is 31.6 Å². The van der Waals surface area contributed by atoms with E-state index < -0.39 is 0 Å². The summed E-state index contributed by atoms with van der Waals surface area (Å²) in [4.78, 5) is 0. The Bertz CT molecular complexity index is 451. The van der Waals surface area contributed by atoms with Crippen LogP contribution in [0, 0.1) is 0 Å². The molecule has 0 aromatic carbocycles. The zero-order valence-corrected chi connectivity index (χ0v) is 11.7. The lowest BCUT2D eigenvalue weighted by Gasteiger charge is -2.14. The van der Waals surface area contributed by atoms with E-state index in [0.29, 0.717) is 0 Å². The molecule has 1 unspecified atom stereocenters. The molecule has 1 N–H and O–H groups in total. The van der Waals surface area contributed by atoms with Crippen molar-refractivity contribution in [2.24, 2.45) is 0 Å².